The number of carbonyl (C=O) groups excluding carboxylic acids is 1. The molecule has 0 aliphatic carbocycles. The van der Waals surface area contributed by atoms with Crippen LogP contribution in [0.4, 0.5) is 14.9 Å². The Labute approximate surface area is 190 Å². The third-order valence-corrected chi connectivity index (χ3v) is 6.30. The maximum Gasteiger partial charge on any atom is 0.414 e. The maximum absolute atomic E-state index is 13.4. The smallest absolute Gasteiger partial charge is 0.414 e. The van der Waals surface area contributed by atoms with E-state index in [0.717, 1.165) is 50.0 Å². The molecule has 0 bridgehead atoms. The van der Waals surface area contributed by atoms with Gasteiger partial charge < -0.3 is 23.6 Å². The summed E-state index contributed by atoms with van der Waals surface area (Å²) >= 11 is 0. The van der Waals surface area contributed by atoms with Gasteiger partial charge in [-0.3, -0.25) is 4.90 Å². The number of aromatic nitrogens is 1. The molecular formula is C24H26FN3O5. The molecule has 1 amide bonds. The largest absolute Gasteiger partial charge is 0.454 e. The van der Waals surface area contributed by atoms with E-state index in [-0.39, 0.29) is 12.6 Å². The standard InChI is InChI=1S/C24H26FN3O5/c1-27(18-4-6-20-22(14-18)32-15-31-20)24(29)30-12-2-9-28-10-7-16(8-11-28)23-19-5-3-17(25)13-21(19)33-26-23/h3-6,13-14,16H,2,7-12,15H2,1H3. The van der Waals surface area contributed by atoms with Crippen molar-refractivity contribution in [3.63, 3.8) is 0 Å². The van der Waals surface area contributed by atoms with E-state index in [4.69, 9.17) is 18.7 Å². The highest BCUT2D eigenvalue weighted by atomic mass is 19.1. The summed E-state index contributed by atoms with van der Waals surface area (Å²) in [5.41, 5.74) is 2.11. The summed E-state index contributed by atoms with van der Waals surface area (Å²) in [6.07, 6.45) is 2.29. The summed E-state index contributed by atoms with van der Waals surface area (Å²) in [6, 6.07) is 9.93. The molecule has 0 saturated carbocycles. The minimum absolute atomic E-state index is 0.194. The van der Waals surface area contributed by atoms with Crippen molar-refractivity contribution in [2.24, 2.45) is 0 Å². The molecule has 1 saturated heterocycles. The van der Waals surface area contributed by atoms with Gasteiger partial charge in [0.25, 0.3) is 0 Å². The summed E-state index contributed by atoms with van der Waals surface area (Å²) in [6.45, 7) is 3.28. The average molecular weight is 455 g/mol. The van der Waals surface area contributed by atoms with Gasteiger partial charge in [0.2, 0.25) is 6.79 Å². The minimum Gasteiger partial charge on any atom is -0.454 e. The lowest BCUT2D eigenvalue weighted by molar-refractivity contribution is 0.140. The second-order valence-electron chi connectivity index (χ2n) is 8.39. The number of rotatable bonds is 6. The number of benzene rings is 2. The van der Waals surface area contributed by atoms with Gasteiger partial charge in [0, 0.05) is 37.0 Å². The van der Waals surface area contributed by atoms with Crippen LogP contribution < -0.4 is 14.4 Å². The predicted octanol–water partition coefficient (Wildman–Crippen LogP) is 4.54. The Bertz CT molecular complexity index is 1140. The van der Waals surface area contributed by atoms with Crippen LogP contribution in [-0.4, -0.2) is 56.2 Å². The lowest BCUT2D eigenvalue weighted by atomic mass is 9.91. The monoisotopic (exact) mass is 455 g/mol. The Morgan fingerprint density at radius 2 is 2.00 bits per heavy atom. The first kappa shape index (κ1) is 21.5. The fraction of sp³-hybridized carbons (Fsp3) is 0.417. The molecule has 8 nitrogen and oxygen atoms in total. The van der Waals surface area contributed by atoms with E-state index >= 15 is 0 Å². The molecule has 2 aliphatic rings. The number of hydrogen-bond donors (Lipinski definition) is 0. The number of likely N-dealkylation sites (tertiary alicyclic amines) is 1. The van der Waals surface area contributed by atoms with Gasteiger partial charge in [-0.25, -0.2) is 9.18 Å². The average Bonchev–Trinajstić information content (AvgIpc) is 3.47. The van der Waals surface area contributed by atoms with Crippen molar-refractivity contribution in [1.29, 1.82) is 0 Å². The van der Waals surface area contributed by atoms with Crippen LogP contribution in [0.3, 0.4) is 0 Å². The van der Waals surface area contributed by atoms with Crippen molar-refractivity contribution in [2.75, 3.05) is 45.0 Å². The Morgan fingerprint density at radius 1 is 1.18 bits per heavy atom. The summed E-state index contributed by atoms with van der Waals surface area (Å²) in [4.78, 5) is 16.2. The summed E-state index contributed by atoms with van der Waals surface area (Å²) in [5, 5.41) is 5.10. The normalized spacial score (nSPS) is 16.3. The van der Waals surface area contributed by atoms with E-state index < -0.39 is 6.09 Å². The number of fused-ring (bicyclic) bond motifs is 2. The number of carbonyl (C=O) groups is 1. The van der Waals surface area contributed by atoms with E-state index in [2.05, 4.69) is 10.1 Å². The van der Waals surface area contributed by atoms with Crippen LogP contribution in [0.5, 0.6) is 11.5 Å². The number of piperidine rings is 1. The molecule has 0 N–H and O–H groups in total. The molecule has 0 radical (unpaired) electrons. The first-order chi connectivity index (χ1) is 16.1. The number of halogens is 1. The lowest BCUT2D eigenvalue weighted by Crippen LogP contribution is -2.34. The van der Waals surface area contributed by atoms with Gasteiger partial charge in [-0.1, -0.05) is 5.16 Å². The second kappa shape index (κ2) is 9.27. The van der Waals surface area contributed by atoms with Crippen molar-refractivity contribution < 1.29 is 27.9 Å². The molecule has 9 heteroatoms. The zero-order valence-corrected chi connectivity index (χ0v) is 18.5. The first-order valence-corrected chi connectivity index (χ1v) is 11.2. The number of ether oxygens (including phenoxy) is 3. The zero-order chi connectivity index (χ0) is 22.8. The van der Waals surface area contributed by atoms with Gasteiger partial charge in [-0.05, 0) is 56.6 Å². The molecule has 2 aliphatic heterocycles. The quantitative estimate of drug-likeness (QED) is 0.505. The number of nitrogens with zero attached hydrogens (tertiary/aromatic N) is 3. The highest BCUT2D eigenvalue weighted by molar-refractivity contribution is 5.87. The molecule has 3 aromatic rings. The van der Waals surface area contributed by atoms with Gasteiger partial charge in [0.1, 0.15) is 5.82 Å². The third kappa shape index (κ3) is 4.59. The molecular weight excluding hydrogens is 429 g/mol. The third-order valence-electron chi connectivity index (χ3n) is 6.30. The fourth-order valence-electron chi connectivity index (χ4n) is 4.40. The molecule has 174 valence electrons. The van der Waals surface area contributed by atoms with Crippen molar-refractivity contribution >= 4 is 22.7 Å². The summed E-state index contributed by atoms with van der Waals surface area (Å²) < 4.78 is 34.8. The Morgan fingerprint density at radius 3 is 2.85 bits per heavy atom. The fourth-order valence-corrected chi connectivity index (χ4v) is 4.40. The molecule has 0 spiro atoms. The van der Waals surface area contributed by atoms with Crippen LogP contribution in [0.25, 0.3) is 11.0 Å². The van der Waals surface area contributed by atoms with Gasteiger partial charge in [0.15, 0.2) is 17.1 Å². The highest BCUT2D eigenvalue weighted by Crippen LogP contribution is 2.35. The summed E-state index contributed by atoms with van der Waals surface area (Å²) in [7, 11) is 1.67. The van der Waals surface area contributed by atoms with Crippen LogP contribution in [0, 0.1) is 5.82 Å². The van der Waals surface area contributed by atoms with E-state index in [1.807, 2.05) is 0 Å². The van der Waals surface area contributed by atoms with Crippen LogP contribution in [-0.2, 0) is 4.74 Å². The summed E-state index contributed by atoms with van der Waals surface area (Å²) in [5.74, 6) is 1.29. The molecule has 3 heterocycles. The highest BCUT2D eigenvalue weighted by Gasteiger charge is 2.25. The molecule has 0 unspecified atom stereocenters. The molecule has 5 rings (SSSR count). The number of anilines is 1. The van der Waals surface area contributed by atoms with Crippen molar-refractivity contribution in [1.82, 2.24) is 10.1 Å². The van der Waals surface area contributed by atoms with Crippen LogP contribution in [0.15, 0.2) is 40.9 Å². The molecule has 1 fully saturated rings. The topological polar surface area (TPSA) is 77.3 Å². The molecule has 33 heavy (non-hydrogen) atoms. The first-order valence-electron chi connectivity index (χ1n) is 11.2. The van der Waals surface area contributed by atoms with Crippen molar-refractivity contribution in [3.05, 3.63) is 47.9 Å². The van der Waals surface area contributed by atoms with Gasteiger partial charge >= 0.3 is 6.09 Å². The van der Waals surface area contributed by atoms with Gasteiger partial charge in [-0.15, -0.1) is 0 Å². The van der Waals surface area contributed by atoms with E-state index in [1.165, 1.54) is 17.0 Å². The Hall–Kier alpha value is -3.33. The van der Waals surface area contributed by atoms with Crippen molar-refractivity contribution in [2.45, 2.75) is 25.2 Å². The van der Waals surface area contributed by atoms with E-state index in [9.17, 15) is 9.18 Å². The zero-order valence-electron chi connectivity index (χ0n) is 18.5. The Balaban J connectivity index is 1.05. The van der Waals surface area contributed by atoms with Crippen molar-refractivity contribution in [3.8, 4) is 11.5 Å². The molecule has 0 atom stereocenters. The van der Waals surface area contributed by atoms with Crippen LogP contribution in [0.1, 0.15) is 30.9 Å². The second-order valence-corrected chi connectivity index (χ2v) is 8.39. The SMILES string of the molecule is CN(C(=O)OCCCN1CCC(c2noc3cc(F)ccc23)CC1)c1ccc2c(c1)OCO2. The Kier molecular flexibility index (Phi) is 6.04. The number of amides is 1. The van der Waals surface area contributed by atoms with E-state index in [1.54, 1.807) is 31.3 Å². The van der Waals surface area contributed by atoms with E-state index in [0.29, 0.717) is 35.3 Å². The van der Waals surface area contributed by atoms with Crippen LogP contribution in [0.2, 0.25) is 0 Å². The van der Waals surface area contributed by atoms with Gasteiger partial charge in [-0.2, -0.15) is 0 Å². The number of hydrogen-bond acceptors (Lipinski definition) is 7. The predicted molar refractivity (Wildman–Crippen MR) is 119 cm³/mol. The molecule has 1 aromatic heterocycles. The molecule has 2 aromatic carbocycles. The lowest BCUT2D eigenvalue weighted by Gasteiger charge is -2.31. The van der Waals surface area contributed by atoms with Gasteiger partial charge in [0.05, 0.1) is 18.0 Å². The van der Waals surface area contributed by atoms with Crippen LogP contribution >= 0.6 is 0 Å². The maximum atomic E-state index is 13.4. The minimum atomic E-state index is -0.401.